The van der Waals surface area contributed by atoms with Crippen LogP contribution in [0.15, 0.2) is 11.8 Å². The Morgan fingerprint density at radius 2 is 1.73 bits per heavy atom. The summed E-state index contributed by atoms with van der Waals surface area (Å²) in [6.07, 6.45) is 9.70. The van der Waals surface area contributed by atoms with Crippen molar-refractivity contribution in [3.05, 3.63) is 11.8 Å². The van der Waals surface area contributed by atoms with Crippen LogP contribution in [0.1, 0.15) is 86.5 Å². The lowest BCUT2D eigenvalue weighted by Gasteiger charge is -2.58. The number of fused-ring (bicyclic) bond motifs is 5. The molecule has 0 radical (unpaired) electrons. The molecule has 2 saturated carbocycles. The van der Waals surface area contributed by atoms with Gasteiger partial charge in [-0.2, -0.15) is 0 Å². The maximum atomic E-state index is 13.7. The highest BCUT2D eigenvalue weighted by Gasteiger charge is 2.61. The van der Waals surface area contributed by atoms with E-state index in [2.05, 4.69) is 52.5 Å². The average Bonchev–Trinajstić information content (AvgIpc) is 3.01. The zero-order valence-electron chi connectivity index (χ0n) is 20.2. The Hall–Kier alpha value is -1.32. The van der Waals surface area contributed by atoms with Gasteiger partial charge in [-0.05, 0) is 89.4 Å². The lowest BCUT2D eigenvalue weighted by Crippen LogP contribution is -2.55. The van der Waals surface area contributed by atoms with Gasteiger partial charge < -0.3 is 9.80 Å². The molecule has 30 heavy (non-hydrogen) atoms. The predicted octanol–water partition coefficient (Wildman–Crippen LogP) is 5.24. The molecule has 1 saturated heterocycles. The van der Waals surface area contributed by atoms with E-state index in [1.165, 1.54) is 18.5 Å². The van der Waals surface area contributed by atoms with E-state index in [1.54, 1.807) is 0 Å². The summed E-state index contributed by atoms with van der Waals surface area (Å²) >= 11 is 0. The first-order chi connectivity index (χ1) is 14.0. The Morgan fingerprint density at radius 3 is 2.37 bits per heavy atom. The third kappa shape index (κ3) is 2.99. The Bertz CT molecular complexity index is 748. The number of rotatable bonds is 3. The molecular weight excluding hydrogens is 372 g/mol. The molecule has 4 aliphatic rings. The lowest BCUT2D eigenvalue weighted by molar-refractivity contribution is -0.147. The van der Waals surface area contributed by atoms with Crippen LogP contribution in [0.2, 0.25) is 0 Å². The number of allylic oxidation sites excluding steroid dienone is 2. The SMILES string of the molecule is CC(C)N(C(=O)[C@H]1CCC2C3CC=C4N(C)C(=O)CCC4(C)C3CCC21C)C(C)C. The van der Waals surface area contributed by atoms with Crippen LogP contribution in [-0.2, 0) is 9.59 Å². The van der Waals surface area contributed by atoms with Gasteiger partial charge in [0.1, 0.15) is 0 Å². The molecule has 0 aromatic rings. The molecule has 2 amide bonds. The third-order valence-electron chi connectivity index (χ3n) is 9.68. The molecule has 3 fully saturated rings. The van der Waals surface area contributed by atoms with Crippen molar-refractivity contribution in [1.82, 2.24) is 9.80 Å². The first-order valence-electron chi connectivity index (χ1n) is 12.3. The molecule has 4 rings (SSSR count). The zero-order chi connectivity index (χ0) is 22.0. The molecule has 0 bridgehead atoms. The van der Waals surface area contributed by atoms with E-state index in [-0.39, 0.29) is 34.7 Å². The third-order valence-corrected chi connectivity index (χ3v) is 9.68. The van der Waals surface area contributed by atoms with Crippen molar-refractivity contribution in [2.45, 2.75) is 98.6 Å². The number of carbonyl (C=O) groups is 2. The fraction of sp³-hybridized carbons (Fsp3) is 0.846. The molecule has 0 N–H and O–H groups in total. The summed E-state index contributed by atoms with van der Waals surface area (Å²) in [6.45, 7) is 13.5. The second-order valence-electron chi connectivity index (χ2n) is 11.7. The fourth-order valence-corrected chi connectivity index (χ4v) is 8.27. The van der Waals surface area contributed by atoms with Gasteiger partial charge in [-0.15, -0.1) is 0 Å². The number of hydrogen-bond donors (Lipinski definition) is 0. The van der Waals surface area contributed by atoms with Gasteiger partial charge >= 0.3 is 0 Å². The smallest absolute Gasteiger partial charge is 0.226 e. The maximum absolute atomic E-state index is 13.7. The number of amides is 2. The zero-order valence-corrected chi connectivity index (χ0v) is 20.2. The monoisotopic (exact) mass is 414 g/mol. The van der Waals surface area contributed by atoms with Crippen molar-refractivity contribution in [3.63, 3.8) is 0 Å². The van der Waals surface area contributed by atoms with Gasteiger partial charge in [-0.1, -0.05) is 19.9 Å². The van der Waals surface area contributed by atoms with E-state index in [4.69, 9.17) is 0 Å². The van der Waals surface area contributed by atoms with E-state index in [0.29, 0.717) is 30.1 Å². The summed E-state index contributed by atoms with van der Waals surface area (Å²) in [5.74, 6) is 2.76. The van der Waals surface area contributed by atoms with Crippen molar-refractivity contribution >= 4 is 11.8 Å². The van der Waals surface area contributed by atoms with Gasteiger partial charge in [0.2, 0.25) is 11.8 Å². The van der Waals surface area contributed by atoms with Crippen LogP contribution in [0.5, 0.6) is 0 Å². The van der Waals surface area contributed by atoms with E-state index in [9.17, 15) is 9.59 Å². The van der Waals surface area contributed by atoms with Crippen molar-refractivity contribution < 1.29 is 9.59 Å². The summed E-state index contributed by atoms with van der Waals surface area (Å²) in [4.78, 5) is 30.1. The standard InChI is InChI=1S/C26H42N2O2/c1-16(2)28(17(3)4)24(30)21-10-9-19-18-8-11-22-26(6,15-13-23(29)27(22)7)20(18)12-14-25(19,21)5/h11,16-21H,8-10,12-15H2,1-7H3/t18?,19?,20?,21-,25?,26?/m1/s1. The van der Waals surface area contributed by atoms with Gasteiger partial charge in [0.15, 0.2) is 0 Å². The molecular formula is C26H42N2O2. The Kier molecular flexibility index (Phi) is 5.38. The molecule has 0 aromatic carbocycles. The highest BCUT2D eigenvalue weighted by Crippen LogP contribution is 2.66. The molecule has 1 aliphatic heterocycles. The minimum absolute atomic E-state index is 0.122. The number of likely N-dealkylation sites (tertiary alicyclic amines) is 1. The first kappa shape index (κ1) is 21.9. The molecule has 1 heterocycles. The number of hydrogen-bond acceptors (Lipinski definition) is 2. The lowest BCUT2D eigenvalue weighted by atomic mass is 9.49. The first-order valence-corrected chi connectivity index (χ1v) is 12.3. The molecule has 3 aliphatic carbocycles. The van der Waals surface area contributed by atoms with Crippen LogP contribution in [0.3, 0.4) is 0 Å². The topological polar surface area (TPSA) is 40.6 Å². The summed E-state index contributed by atoms with van der Waals surface area (Å²) in [6, 6.07) is 0.511. The molecule has 5 unspecified atom stereocenters. The van der Waals surface area contributed by atoms with Crippen molar-refractivity contribution in [1.29, 1.82) is 0 Å². The number of piperidine rings is 1. The number of carbonyl (C=O) groups excluding carboxylic acids is 2. The molecule has 4 heteroatoms. The van der Waals surface area contributed by atoms with Crippen LogP contribution < -0.4 is 0 Å². The normalized spacial score (nSPS) is 40.8. The Balaban J connectivity index is 1.62. The molecule has 6 atom stereocenters. The van der Waals surface area contributed by atoms with Gasteiger partial charge in [-0.3, -0.25) is 9.59 Å². The summed E-state index contributed by atoms with van der Waals surface area (Å²) < 4.78 is 0. The van der Waals surface area contributed by atoms with Crippen LogP contribution >= 0.6 is 0 Å². The van der Waals surface area contributed by atoms with E-state index in [1.807, 2.05) is 11.9 Å². The second-order valence-corrected chi connectivity index (χ2v) is 11.7. The van der Waals surface area contributed by atoms with E-state index < -0.39 is 0 Å². The summed E-state index contributed by atoms with van der Waals surface area (Å²) in [7, 11) is 1.97. The van der Waals surface area contributed by atoms with Crippen molar-refractivity contribution in [2.24, 2.45) is 34.5 Å². The van der Waals surface area contributed by atoms with Gasteiger partial charge in [0.05, 0.1) is 0 Å². The molecule has 0 aromatic heterocycles. The predicted molar refractivity (Wildman–Crippen MR) is 120 cm³/mol. The van der Waals surface area contributed by atoms with Crippen LogP contribution in [0, 0.1) is 34.5 Å². The van der Waals surface area contributed by atoms with Gasteiger partial charge in [0, 0.05) is 42.6 Å². The van der Waals surface area contributed by atoms with E-state index in [0.717, 1.165) is 25.7 Å². The highest BCUT2D eigenvalue weighted by molar-refractivity contribution is 5.81. The second kappa shape index (κ2) is 7.38. The highest BCUT2D eigenvalue weighted by atomic mass is 16.2. The quantitative estimate of drug-likeness (QED) is 0.634. The summed E-state index contributed by atoms with van der Waals surface area (Å²) in [5.41, 5.74) is 1.52. The molecule has 0 spiro atoms. The van der Waals surface area contributed by atoms with Crippen molar-refractivity contribution in [2.75, 3.05) is 7.05 Å². The van der Waals surface area contributed by atoms with Crippen LogP contribution in [0.25, 0.3) is 0 Å². The Labute approximate surface area is 183 Å². The van der Waals surface area contributed by atoms with Gasteiger partial charge in [0.25, 0.3) is 0 Å². The number of nitrogens with zero attached hydrogens (tertiary/aromatic N) is 2. The average molecular weight is 415 g/mol. The molecule has 4 nitrogen and oxygen atoms in total. The fourth-order valence-electron chi connectivity index (χ4n) is 8.27. The van der Waals surface area contributed by atoms with Crippen LogP contribution in [-0.4, -0.2) is 40.7 Å². The van der Waals surface area contributed by atoms with Gasteiger partial charge in [-0.25, -0.2) is 0 Å². The largest absolute Gasteiger partial charge is 0.338 e. The molecule has 168 valence electrons. The minimum atomic E-state index is 0.122. The van der Waals surface area contributed by atoms with Crippen LogP contribution in [0.4, 0.5) is 0 Å². The summed E-state index contributed by atoms with van der Waals surface area (Å²) in [5, 5.41) is 0. The van der Waals surface area contributed by atoms with E-state index >= 15 is 0 Å². The van der Waals surface area contributed by atoms with Crippen molar-refractivity contribution in [3.8, 4) is 0 Å². The minimum Gasteiger partial charge on any atom is -0.338 e. The Morgan fingerprint density at radius 1 is 1.07 bits per heavy atom. The maximum Gasteiger partial charge on any atom is 0.226 e.